The molecule has 0 fully saturated rings. The molecule has 0 saturated heterocycles. The summed E-state index contributed by atoms with van der Waals surface area (Å²) in [7, 11) is 0. The highest BCUT2D eigenvalue weighted by molar-refractivity contribution is 5.91. The van der Waals surface area contributed by atoms with Crippen LogP contribution in [0.15, 0.2) is 54.7 Å². The van der Waals surface area contributed by atoms with E-state index >= 15 is 0 Å². The van der Waals surface area contributed by atoms with E-state index in [0.29, 0.717) is 0 Å². The van der Waals surface area contributed by atoms with E-state index in [4.69, 9.17) is 0 Å². The zero-order valence-corrected chi connectivity index (χ0v) is 15.4. The Bertz CT molecular complexity index is 1010. The third kappa shape index (κ3) is 1.71. The van der Waals surface area contributed by atoms with Gasteiger partial charge in [0.2, 0.25) is 0 Å². The molecule has 25 heavy (non-hydrogen) atoms. The number of aromatic nitrogens is 1. The quantitative estimate of drug-likeness (QED) is 0.425. The van der Waals surface area contributed by atoms with Crippen molar-refractivity contribution in [1.29, 1.82) is 0 Å². The van der Waals surface area contributed by atoms with Gasteiger partial charge in [0.1, 0.15) is 0 Å². The van der Waals surface area contributed by atoms with E-state index in [1.54, 1.807) is 0 Å². The van der Waals surface area contributed by atoms with Crippen LogP contribution < -0.4 is 0 Å². The maximum Gasteiger partial charge on any atom is 0.0705 e. The number of pyridine rings is 1. The molecule has 1 nitrogen and oxygen atoms in total. The van der Waals surface area contributed by atoms with Crippen molar-refractivity contribution < 1.29 is 0 Å². The summed E-state index contributed by atoms with van der Waals surface area (Å²) in [6.45, 7) is 9.60. The van der Waals surface area contributed by atoms with Gasteiger partial charge in [0.05, 0.1) is 5.69 Å². The van der Waals surface area contributed by atoms with Crippen molar-refractivity contribution in [1.82, 2.24) is 4.98 Å². The van der Waals surface area contributed by atoms with Gasteiger partial charge in [0.15, 0.2) is 0 Å². The number of nitrogens with zero attached hydrogens (tertiary/aromatic N) is 1. The first-order valence-corrected chi connectivity index (χ1v) is 9.13. The number of hydrogen-bond donors (Lipinski definition) is 0. The summed E-state index contributed by atoms with van der Waals surface area (Å²) >= 11 is 0. The number of benzene rings is 2. The fraction of sp³-hybridized carbons (Fsp3) is 0.292. The lowest BCUT2D eigenvalue weighted by Crippen LogP contribution is -2.43. The van der Waals surface area contributed by atoms with E-state index in [9.17, 15) is 0 Å². The molecule has 0 radical (unpaired) electrons. The molecule has 2 aromatic carbocycles. The molecule has 0 aliphatic heterocycles. The first-order valence-electron chi connectivity index (χ1n) is 9.13. The first-order chi connectivity index (χ1) is 11.9. The number of hydrogen-bond acceptors (Lipinski definition) is 1. The predicted molar refractivity (Wildman–Crippen MR) is 104 cm³/mol. The second-order valence-electron chi connectivity index (χ2n) is 8.50. The van der Waals surface area contributed by atoms with Crippen molar-refractivity contribution >= 4 is 0 Å². The van der Waals surface area contributed by atoms with Crippen LogP contribution in [0.25, 0.3) is 22.4 Å². The van der Waals surface area contributed by atoms with Crippen molar-refractivity contribution in [2.24, 2.45) is 0 Å². The highest BCUT2D eigenvalue weighted by atomic mass is 14.7. The third-order valence-corrected chi connectivity index (χ3v) is 6.93. The Morgan fingerprint density at radius 1 is 0.760 bits per heavy atom. The Morgan fingerprint density at radius 2 is 1.52 bits per heavy atom. The minimum atomic E-state index is 0.0929. The van der Waals surface area contributed by atoms with Gasteiger partial charge in [-0.05, 0) is 62.8 Å². The molecule has 1 heteroatoms. The summed E-state index contributed by atoms with van der Waals surface area (Å²) < 4.78 is 0. The van der Waals surface area contributed by atoms with E-state index < -0.39 is 0 Å². The summed E-state index contributed by atoms with van der Waals surface area (Å²) in [4.78, 5) is 4.62. The Hall–Kier alpha value is -2.41. The molecule has 1 aromatic heterocycles. The average molecular weight is 325 g/mol. The van der Waals surface area contributed by atoms with E-state index in [1.165, 1.54) is 38.9 Å². The molecule has 0 atom stereocenters. The van der Waals surface area contributed by atoms with Crippen LogP contribution in [0.2, 0.25) is 0 Å². The second kappa shape index (κ2) is 4.60. The smallest absolute Gasteiger partial charge is 0.0705 e. The lowest BCUT2D eigenvalue weighted by atomic mass is 9.55. The van der Waals surface area contributed by atoms with E-state index in [1.807, 2.05) is 12.3 Å². The van der Waals surface area contributed by atoms with Crippen LogP contribution in [0.5, 0.6) is 0 Å². The minimum absolute atomic E-state index is 0.0929. The van der Waals surface area contributed by atoms with Crippen molar-refractivity contribution in [3.8, 4) is 22.4 Å². The molecule has 0 saturated carbocycles. The number of rotatable bonds is 1. The lowest BCUT2D eigenvalue weighted by Gasteiger charge is -2.48. The molecule has 0 bridgehead atoms. The van der Waals surface area contributed by atoms with E-state index in [2.05, 4.69) is 75.1 Å². The van der Waals surface area contributed by atoms with Crippen molar-refractivity contribution in [2.45, 2.75) is 44.9 Å². The normalized spacial score (nSPS) is 18.1. The molecule has 0 amide bonds. The molecule has 2 aliphatic carbocycles. The summed E-state index contributed by atoms with van der Waals surface area (Å²) in [5, 5.41) is 0. The molecular formula is C24H23N. The van der Waals surface area contributed by atoms with Gasteiger partial charge < -0.3 is 0 Å². The Labute approximate surface area is 149 Å². The largest absolute Gasteiger partial charge is 0.256 e. The predicted octanol–water partition coefficient (Wildman–Crippen LogP) is 5.89. The van der Waals surface area contributed by atoms with Crippen LogP contribution in [0.3, 0.4) is 0 Å². The summed E-state index contributed by atoms with van der Waals surface area (Å²) in [5.74, 6) is 0. The molecular weight excluding hydrogens is 302 g/mol. The third-order valence-electron chi connectivity index (χ3n) is 6.93. The molecule has 124 valence electrons. The standard InChI is InChI=1S/C24H23N/c1-23(2)18-9-7-8-15-14-17-16(20-10-5-6-13-25-20)11-12-19(24(23,3)4)22(17)21(15)18/h5-13H,14H2,1-4H3. The molecule has 0 spiro atoms. The zero-order chi connectivity index (χ0) is 17.4. The molecule has 0 N–H and O–H groups in total. The SMILES string of the molecule is CC1(C)c2cccc3c2-c2c(ccc(-c4ccccn4)c2C3)C1(C)C. The average Bonchev–Trinajstić information content (AvgIpc) is 2.99. The maximum absolute atomic E-state index is 4.62. The lowest BCUT2D eigenvalue weighted by molar-refractivity contribution is 0.299. The molecule has 2 aliphatic rings. The monoisotopic (exact) mass is 325 g/mol. The van der Waals surface area contributed by atoms with Gasteiger partial charge in [-0.1, -0.05) is 64.1 Å². The van der Waals surface area contributed by atoms with Gasteiger partial charge >= 0.3 is 0 Å². The Morgan fingerprint density at radius 3 is 2.24 bits per heavy atom. The molecule has 1 heterocycles. The fourth-order valence-corrected chi connectivity index (χ4v) is 4.83. The highest BCUT2D eigenvalue weighted by Gasteiger charge is 2.48. The zero-order valence-electron chi connectivity index (χ0n) is 15.4. The van der Waals surface area contributed by atoms with E-state index in [-0.39, 0.29) is 10.8 Å². The van der Waals surface area contributed by atoms with Crippen molar-refractivity contribution in [2.75, 3.05) is 0 Å². The van der Waals surface area contributed by atoms with Gasteiger partial charge in [-0.2, -0.15) is 0 Å². The maximum atomic E-state index is 4.62. The highest BCUT2D eigenvalue weighted by Crippen LogP contribution is 2.59. The fourth-order valence-electron chi connectivity index (χ4n) is 4.83. The molecule has 3 aromatic rings. The molecule has 5 rings (SSSR count). The van der Waals surface area contributed by atoms with Crippen molar-refractivity contribution in [3.63, 3.8) is 0 Å². The summed E-state index contributed by atoms with van der Waals surface area (Å²) in [6, 6.07) is 17.7. The van der Waals surface area contributed by atoms with Crippen LogP contribution in [0.1, 0.15) is 49.9 Å². The van der Waals surface area contributed by atoms with Gasteiger partial charge in [-0.25, -0.2) is 0 Å². The Balaban J connectivity index is 1.89. The van der Waals surface area contributed by atoms with Crippen LogP contribution in [0.4, 0.5) is 0 Å². The van der Waals surface area contributed by atoms with Crippen LogP contribution in [0, 0.1) is 0 Å². The van der Waals surface area contributed by atoms with Crippen LogP contribution in [-0.4, -0.2) is 4.98 Å². The van der Waals surface area contributed by atoms with Gasteiger partial charge in [-0.15, -0.1) is 0 Å². The van der Waals surface area contributed by atoms with Gasteiger partial charge in [0.25, 0.3) is 0 Å². The minimum Gasteiger partial charge on any atom is -0.256 e. The summed E-state index contributed by atoms with van der Waals surface area (Å²) in [6.07, 6.45) is 2.91. The van der Waals surface area contributed by atoms with Crippen molar-refractivity contribution in [3.05, 3.63) is 77.0 Å². The van der Waals surface area contributed by atoms with Gasteiger partial charge in [-0.3, -0.25) is 4.98 Å². The van der Waals surface area contributed by atoms with Gasteiger partial charge in [0, 0.05) is 11.8 Å². The molecule has 0 unspecified atom stereocenters. The first kappa shape index (κ1) is 14.9. The Kier molecular flexibility index (Phi) is 2.74. The van der Waals surface area contributed by atoms with Crippen LogP contribution in [-0.2, 0) is 17.3 Å². The topological polar surface area (TPSA) is 12.9 Å². The van der Waals surface area contributed by atoms with Crippen LogP contribution >= 0.6 is 0 Å². The second-order valence-corrected chi connectivity index (χ2v) is 8.50. The van der Waals surface area contributed by atoms with E-state index in [0.717, 1.165) is 12.1 Å². The summed E-state index contributed by atoms with van der Waals surface area (Å²) in [5.41, 5.74) is 11.5.